The molecule has 0 saturated heterocycles. The molecule has 10 aromatic carbocycles. The number of benzene rings is 10. The van der Waals surface area contributed by atoms with Gasteiger partial charge in [0.05, 0.1) is 71.9 Å². The van der Waals surface area contributed by atoms with E-state index < -0.39 is 0 Å². The molecule has 0 fully saturated rings. The molecule has 0 bridgehead atoms. The summed E-state index contributed by atoms with van der Waals surface area (Å²) in [5.74, 6) is 0.848. The molecular formula is C63H37N7O. The summed E-state index contributed by atoms with van der Waals surface area (Å²) in [6, 6.07) is 67.3. The quantitative estimate of drug-likeness (QED) is 0.172. The smallest absolute Gasteiger partial charge is 0.240 e. The molecule has 0 aliphatic rings. The number of aromatic nitrogens is 7. The third-order valence-electron chi connectivity index (χ3n) is 14.4. The van der Waals surface area contributed by atoms with E-state index in [9.17, 15) is 2.74 Å². The van der Waals surface area contributed by atoms with E-state index in [1.165, 1.54) is 0 Å². The Labute approximate surface area is 409 Å². The Hall–Kier alpha value is -9.79. The second-order valence-corrected chi connectivity index (χ2v) is 18.0. The molecule has 16 aromatic rings. The van der Waals surface area contributed by atoms with Gasteiger partial charge in [0, 0.05) is 48.5 Å². The fraction of sp³-hybridized carbons (Fsp3) is 0. The fourth-order valence-electron chi connectivity index (χ4n) is 11.5. The topological polar surface area (TPSA) is 71.5 Å². The van der Waals surface area contributed by atoms with Gasteiger partial charge in [-0.3, -0.25) is 9.13 Å². The molecule has 6 heterocycles. The van der Waals surface area contributed by atoms with Gasteiger partial charge in [-0.25, -0.2) is 0 Å². The molecule has 6 aromatic heterocycles. The lowest BCUT2D eigenvalue weighted by Gasteiger charge is -2.20. The molecule has 0 amide bonds. The minimum atomic E-state index is -0.350. The number of fused-ring (bicyclic) bond motifs is 16. The van der Waals surface area contributed by atoms with Crippen molar-refractivity contribution in [3.8, 4) is 34.7 Å². The van der Waals surface area contributed by atoms with Crippen LogP contribution in [0.25, 0.3) is 144 Å². The first-order valence-corrected chi connectivity index (χ1v) is 23.6. The van der Waals surface area contributed by atoms with Gasteiger partial charge in [0.1, 0.15) is 11.2 Å². The van der Waals surface area contributed by atoms with Crippen molar-refractivity contribution in [3.63, 3.8) is 0 Å². The van der Waals surface area contributed by atoms with E-state index in [0.717, 1.165) is 98.7 Å². The molecule has 0 aliphatic carbocycles. The van der Waals surface area contributed by atoms with E-state index in [0.29, 0.717) is 33.6 Å². The SMILES string of the molecule is [2H]c1c([2H])c([2H])c2c(c1[2H])c1ccccc1n2-c1nc(-c2c(-n3c4ccccc4c4ccccc43)cccc2-n2c3ccccc3c3ccc4oc5ccccc5c4c32)nc(-n2c3ccccc3c3ccccc32)n1. The summed E-state index contributed by atoms with van der Waals surface area (Å²) in [4.78, 5) is 16.8. The summed E-state index contributed by atoms with van der Waals surface area (Å²) in [6.45, 7) is 0. The molecule has 16 rings (SSSR count). The van der Waals surface area contributed by atoms with Gasteiger partial charge in [-0.2, -0.15) is 15.0 Å². The molecule has 0 radical (unpaired) electrons. The third kappa shape index (κ3) is 5.25. The predicted octanol–water partition coefficient (Wildman–Crippen LogP) is 15.8. The van der Waals surface area contributed by atoms with Gasteiger partial charge in [0.2, 0.25) is 11.9 Å². The van der Waals surface area contributed by atoms with E-state index in [2.05, 4.69) is 153 Å². The van der Waals surface area contributed by atoms with Crippen molar-refractivity contribution in [2.24, 2.45) is 0 Å². The maximum absolute atomic E-state index is 9.55. The highest BCUT2D eigenvalue weighted by molar-refractivity contribution is 6.25. The minimum absolute atomic E-state index is 0.138. The molecule has 0 spiro atoms. The minimum Gasteiger partial charge on any atom is -0.456 e. The first-order valence-electron chi connectivity index (χ1n) is 25.6. The van der Waals surface area contributed by atoms with E-state index in [1.807, 2.05) is 60.7 Å². The standard InChI is InChI=1S/C63H37N7O/c1-9-26-47-38(18-1)39-19-2-10-27-48(39)67(47)54-33-17-34-55(68-49-28-11-7-24-44(49)45-36-37-57-58(60(45)68)46-25-8-16-35-56(46)71-57)59(54)61-64-62(69-50-29-12-3-20-40(50)41-21-4-13-30-51(41)69)66-63(65-61)70-52-31-14-5-22-42(52)43-23-6-15-32-53(43)70/h1-37H/i3D,12D,20D,29D. The molecule has 0 unspecified atom stereocenters. The third-order valence-corrected chi connectivity index (χ3v) is 14.4. The van der Waals surface area contributed by atoms with Crippen LogP contribution in [0.15, 0.2) is 229 Å². The van der Waals surface area contributed by atoms with Crippen molar-refractivity contribution < 1.29 is 9.90 Å². The van der Waals surface area contributed by atoms with Gasteiger partial charge in [-0.15, -0.1) is 0 Å². The van der Waals surface area contributed by atoms with Gasteiger partial charge < -0.3 is 13.6 Å². The number of nitrogens with zero attached hydrogens (tertiary/aromatic N) is 7. The average molecular weight is 912 g/mol. The van der Waals surface area contributed by atoms with E-state index in [4.69, 9.17) is 22.1 Å². The van der Waals surface area contributed by atoms with Crippen LogP contribution in [-0.4, -0.2) is 33.2 Å². The zero-order chi connectivity index (χ0) is 49.8. The van der Waals surface area contributed by atoms with Crippen LogP contribution >= 0.6 is 0 Å². The highest BCUT2D eigenvalue weighted by Gasteiger charge is 2.28. The predicted molar refractivity (Wildman–Crippen MR) is 290 cm³/mol. The second kappa shape index (κ2) is 14.4. The zero-order valence-corrected chi connectivity index (χ0v) is 37.6. The van der Waals surface area contributed by atoms with Gasteiger partial charge in [0.15, 0.2) is 5.82 Å². The molecule has 8 nitrogen and oxygen atoms in total. The normalized spacial score (nSPS) is 13.0. The fourth-order valence-corrected chi connectivity index (χ4v) is 11.5. The van der Waals surface area contributed by atoms with Crippen molar-refractivity contribution in [1.29, 1.82) is 0 Å². The van der Waals surface area contributed by atoms with E-state index >= 15 is 0 Å². The van der Waals surface area contributed by atoms with Gasteiger partial charge in [-0.1, -0.05) is 152 Å². The van der Waals surface area contributed by atoms with Crippen LogP contribution in [0, 0.1) is 0 Å². The molecule has 330 valence electrons. The van der Waals surface area contributed by atoms with Crippen LogP contribution in [-0.2, 0) is 0 Å². The number of para-hydroxylation sites is 8. The molecule has 71 heavy (non-hydrogen) atoms. The summed E-state index contributed by atoms with van der Waals surface area (Å²) in [6.07, 6.45) is 0. The van der Waals surface area contributed by atoms with E-state index in [1.54, 1.807) is 4.57 Å². The summed E-state index contributed by atoms with van der Waals surface area (Å²) >= 11 is 0. The number of hydrogen-bond acceptors (Lipinski definition) is 4. The first-order chi connectivity index (χ1) is 36.9. The van der Waals surface area contributed by atoms with Crippen LogP contribution in [0.2, 0.25) is 0 Å². The molecule has 0 atom stereocenters. The highest BCUT2D eigenvalue weighted by Crippen LogP contribution is 2.45. The molecular weight excluding hydrogens is 871 g/mol. The molecule has 0 aliphatic heterocycles. The van der Waals surface area contributed by atoms with Crippen LogP contribution in [0.1, 0.15) is 5.48 Å². The van der Waals surface area contributed by atoms with Crippen LogP contribution in [0.3, 0.4) is 0 Å². The summed E-state index contributed by atoms with van der Waals surface area (Å²) in [5, 5.41) is 9.35. The van der Waals surface area contributed by atoms with Crippen molar-refractivity contribution in [2.45, 2.75) is 0 Å². The maximum atomic E-state index is 9.55. The number of rotatable bonds is 5. The lowest BCUT2D eigenvalue weighted by atomic mass is 10.1. The largest absolute Gasteiger partial charge is 0.456 e. The Morgan fingerprint density at radius 3 is 1.34 bits per heavy atom. The van der Waals surface area contributed by atoms with Gasteiger partial charge in [0.25, 0.3) is 0 Å². The lowest BCUT2D eigenvalue weighted by molar-refractivity contribution is 0.669. The Bertz CT molecular complexity index is 5050. The van der Waals surface area contributed by atoms with Crippen molar-refractivity contribution in [2.75, 3.05) is 0 Å². The zero-order valence-electron chi connectivity index (χ0n) is 41.6. The highest BCUT2D eigenvalue weighted by atomic mass is 16.3. The second-order valence-electron chi connectivity index (χ2n) is 18.0. The van der Waals surface area contributed by atoms with E-state index in [-0.39, 0.29) is 35.6 Å². The molecule has 8 heteroatoms. The van der Waals surface area contributed by atoms with Crippen molar-refractivity contribution >= 4 is 109 Å². The first kappa shape index (κ1) is 34.5. The van der Waals surface area contributed by atoms with Gasteiger partial charge in [-0.05, 0) is 72.8 Å². The van der Waals surface area contributed by atoms with Gasteiger partial charge >= 0.3 is 0 Å². The number of hydrogen-bond donors (Lipinski definition) is 0. The van der Waals surface area contributed by atoms with Crippen molar-refractivity contribution in [3.05, 3.63) is 224 Å². The summed E-state index contributed by atoms with van der Waals surface area (Å²) in [7, 11) is 0. The summed E-state index contributed by atoms with van der Waals surface area (Å²) < 4.78 is 51.8. The van der Waals surface area contributed by atoms with Crippen LogP contribution in [0.5, 0.6) is 0 Å². The Kier molecular flexibility index (Phi) is 6.98. The molecule has 0 saturated carbocycles. The maximum Gasteiger partial charge on any atom is 0.240 e. The van der Waals surface area contributed by atoms with Crippen LogP contribution in [0.4, 0.5) is 0 Å². The van der Waals surface area contributed by atoms with Crippen LogP contribution < -0.4 is 0 Å². The lowest BCUT2D eigenvalue weighted by Crippen LogP contribution is -2.12. The Balaban J connectivity index is 1.13. The monoisotopic (exact) mass is 911 g/mol. The Morgan fingerprint density at radius 2 is 0.761 bits per heavy atom. The average Bonchev–Trinajstić information content (AvgIpc) is 4.29. The Morgan fingerprint density at radius 1 is 0.324 bits per heavy atom. The molecule has 0 N–H and O–H groups in total. The number of furan rings is 1. The summed E-state index contributed by atoms with van der Waals surface area (Å²) in [5.41, 5.74) is 10.5. The van der Waals surface area contributed by atoms with Crippen molar-refractivity contribution in [1.82, 2.24) is 33.2 Å².